The first-order valence-corrected chi connectivity index (χ1v) is 8.61. The fourth-order valence-corrected chi connectivity index (χ4v) is 4.23. The standard InChI is InChI=1S/C12H4Cl4O7S/c13-3-1-2(11(17)18)4-5(7(3)14)8(15)9(16)10(24(21,22)23)6(4)12(19)20/h1H,(H,17,18)(H,19,20)(H,21,22,23). The quantitative estimate of drug-likeness (QED) is 0.621. The molecule has 12 heteroatoms. The van der Waals surface area contributed by atoms with Crippen molar-refractivity contribution in [2.24, 2.45) is 0 Å². The maximum absolute atomic E-state index is 11.6. The summed E-state index contributed by atoms with van der Waals surface area (Å²) in [7, 11) is -5.15. The lowest BCUT2D eigenvalue weighted by Gasteiger charge is -2.16. The monoisotopic (exact) mass is 432 g/mol. The molecule has 128 valence electrons. The van der Waals surface area contributed by atoms with Gasteiger partial charge >= 0.3 is 11.9 Å². The smallest absolute Gasteiger partial charge is 0.337 e. The Balaban J connectivity index is 3.40. The zero-order valence-electron chi connectivity index (χ0n) is 11.0. The molecule has 0 atom stereocenters. The molecule has 0 aliphatic heterocycles. The molecule has 0 bridgehead atoms. The van der Waals surface area contributed by atoms with Crippen LogP contribution in [0.1, 0.15) is 20.7 Å². The van der Waals surface area contributed by atoms with Crippen molar-refractivity contribution in [2.45, 2.75) is 4.90 Å². The summed E-state index contributed by atoms with van der Waals surface area (Å²) >= 11 is 23.5. The van der Waals surface area contributed by atoms with Gasteiger partial charge in [-0.3, -0.25) is 4.55 Å². The number of rotatable bonds is 3. The molecule has 0 saturated carbocycles. The largest absolute Gasteiger partial charge is 0.478 e. The topological polar surface area (TPSA) is 129 Å². The Morgan fingerprint density at radius 3 is 1.83 bits per heavy atom. The molecule has 0 fully saturated rings. The van der Waals surface area contributed by atoms with Crippen molar-refractivity contribution < 1.29 is 32.8 Å². The Hall–Kier alpha value is -1.29. The van der Waals surface area contributed by atoms with Gasteiger partial charge < -0.3 is 10.2 Å². The number of carboxylic acid groups (broad SMARTS) is 2. The van der Waals surface area contributed by atoms with Crippen LogP contribution in [0.5, 0.6) is 0 Å². The summed E-state index contributed by atoms with van der Waals surface area (Å²) in [6.45, 7) is 0. The van der Waals surface area contributed by atoms with Crippen LogP contribution in [0.2, 0.25) is 20.1 Å². The highest BCUT2D eigenvalue weighted by atomic mass is 35.5. The summed E-state index contributed by atoms with van der Waals surface area (Å²) in [5.41, 5.74) is -1.77. The molecular formula is C12H4Cl4O7S. The number of fused-ring (bicyclic) bond motifs is 1. The molecule has 2 rings (SSSR count). The van der Waals surface area contributed by atoms with E-state index in [1.807, 2.05) is 0 Å². The van der Waals surface area contributed by atoms with Crippen LogP contribution >= 0.6 is 46.4 Å². The number of hydrogen-bond donors (Lipinski definition) is 3. The van der Waals surface area contributed by atoms with Gasteiger partial charge in [0.2, 0.25) is 0 Å². The van der Waals surface area contributed by atoms with Crippen LogP contribution in [0.25, 0.3) is 10.8 Å². The minimum absolute atomic E-state index is 0.268. The second kappa shape index (κ2) is 6.21. The van der Waals surface area contributed by atoms with Crippen LogP contribution in [0, 0.1) is 0 Å². The minimum atomic E-state index is -5.15. The van der Waals surface area contributed by atoms with E-state index < -0.39 is 53.5 Å². The van der Waals surface area contributed by atoms with Crippen LogP contribution in [0.4, 0.5) is 0 Å². The second-order valence-corrected chi connectivity index (χ2v) is 7.29. The van der Waals surface area contributed by atoms with E-state index in [2.05, 4.69) is 0 Å². The van der Waals surface area contributed by atoms with E-state index in [9.17, 15) is 32.8 Å². The van der Waals surface area contributed by atoms with Gasteiger partial charge in [-0.25, -0.2) is 9.59 Å². The fraction of sp³-hybridized carbons (Fsp3) is 0. The average molecular weight is 434 g/mol. The highest BCUT2D eigenvalue weighted by Crippen LogP contribution is 2.46. The molecule has 0 radical (unpaired) electrons. The molecule has 0 aliphatic rings. The molecule has 7 nitrogen and oxygen atoms in total. The Morgan fingerprint density at radius 2 is 1.42 bits per heavy atom. The Morgan fingerprint density at radius 1 is 0.875 bits per heavy atom. The first kappa shape index (κ1) is 19.0. The summed E-state index contributed by atoms with van der Waals surface area (Å²) in [6.07, 6.45) is 0. The summed E-state index contributed by atoms with van der Waals surface area (Å²) in [5.74, 6) is -3.49. The third kappa shape index (κ3) is 2.90. The van der Waals surface area contributed by atoms with Crippen molar-refractivity contribution in [1.82, 2.24) is 0 Å². The van der Waals surface area contributed by atoms with E-state index in [4.69, 9.17) is 46.4 Å². The average Bonchev–Trinajstić information content (AvgIpc) is 2.43. The Bertz CT molecular complexity index is 1030. The fourth-order valence-electron chi connectivity index (χ4n) is 2.14. The Labute approximate surface area is 154 Å². The van der Waals surface area contributed by atoms with Gasteiger partial charge in [0, 0.05) is 10.8 Å². The lowest BCUT2D eigenvalue weighted by atomic mass is 9.98. The third-order valence-corrected chi connectivity index (χ3v) is 5.69. The first-order valence-electron chi connectivity index (χ1n) is 5.66. The number of halogens is 4. The molecule has 2 aromatic rings. The van der Waals surface area contributed by atoms with Crippen molar-refractivity contribution >= 4 is 79.2 Å². The lowest BCUT2D eigenvalue weighted by molar-refractivity contribution is 0.0693. The predicted octanol–water partition coefficient (Wildman–Crippen LogP) is 4.10. The van der Waals surface area contributed by atoms with E-state index in [1.165, 1.54) is 0 Å². The van der Waals surface area contributed by atoms with Gasteiger partial charge in [-0.05, 0) is 6.07 Å². The molecule has 0 heterocycles. The number of carboxylic acids is 2. The van der Waals surface area contributed by atoms with Crippen molar-refractivity contribution in [3.8, 4) is 0 Å². The molecule has 0 saturated heterocycles. The molecule has 24 heavy (non-hydrogen) atoms. The second-order valence-electron chi connectivity index (χ2n) is 4.39. The molecule has 2 aromatic carbocycles. The van der Waals surface area contributed by atoms with E-state index in [-0.39, 0.29) is 15.4 Å². The normalized spacial score (nSPS) is 11.7. The van der Waals surface area contributed by atoms with Gasteiger partial charge in [-0.15, -0.1) is 0 Å². The van der Waals surface area contributed by atoms with Crippen molar-refractivity contribution in [3.63, 3.8) is 0 Å². The maximum Gasteiger partial charge on any atom is 0.337 e. The first-order chi connectivity index (χ1) is 10.9. The zero-order valence-corrected chi connectivity index (χ0v) is 14.8. The summed E-state index contributed by atoms with van der Waals surface area (Å²) in [4.78, 5) is 21.8. The number of carbonyl (C=O) groups is 2. The van der Waals surface area contributed by atoms with Gasteiger partial charge in [0.1, 0.15) is 4.90 Å². The number of benzene rings is 2. The SMILES string of the molecule is O=C(O)c1cc(Cl)c(Cl)c2c(Cl)c(Cl)c(S(=O)(=O)O)c(C(=O)O)c12. The molecule has 0 aromatic heterocycles. The molecule has 0 amide bonds. The third-order valence-electron chi connectivity index (χ3n) is 3.01. The van der Waals surface area contributed by atoms with Gasteiger partial charge in [0.25, 0.3) is 10.1 Å². The minimum Gasteiger partial charge on any atom is -0.478 e. The van der Waals surface area contributed by atoms with Crippen molar-refractivity contribution in [1.29, 1.82) is 0 Å². The summed E-state index contributed by atoms with van der Waals surface area (Å²) < 4.78 is 32.4. The predicted molar refractivity (Wildman–Crippen MR) is 87.7 cm³/mol. The lowest BCUT2D eigenvalue weighted by Crippen LogP contribution is -2.13. The Kier molecular flexibility index (Phi) is 4.93. The van der Waals surface area contributed by atoms with E-state index >= 15 is 0 Å². The van der Waals surface area contributed by atoms with Crippen molar-refractivity contribution in [3.05, 3.63) is 37.3 Å². The summed E-state index contributed by atoms with van der Waals surface area (Å²) in [6, 6.07) is 0.832. The van der Waals surface area contributed by atoms with E-state index in [1.54, 1.807) is 0 Å². The van der Waals surface area contributed by atoms with E-state index in [0.29, 0.717) is 0 Å². The molecule has 0 aliphatic carbocycles. The number of hydrogen-bond acceptors (Lipinski definition) is 4. The van der Waals surface area contributed by atoms with Crippen LogP contribution in [-0.4, -0.2) is 35.1 Å². The number of aromatic carboxylic acids is 2. The van der Waals surface area contributed by atoms with Gasteiger partial charge in [0.15, 0.2) is 0 Å². The zero-order chi connectivity index (χ0) is 18.6. The van der Waals surface area contributed by atoms with Crippen LogP contribution in [0.15, 0.2) is 11.0 Å². The summed E-state index contributed by atoms with van der Waals surface area (Å²) in [5, 5.41) is 15.6. The van der Waals surface area contributed by atoms with Gasteiger partial charge in [0.05, 0.1) is 31.2 Å². The molecular weight excluding hydrogens is 430 g/mol. The van der Waals surface area contributed by atoms with Crippen LogP contribution in [-0.2, 0) is 10.1 Å². The highest BCUT2D eigenvalue weighted by molar-refractivity contribution is 7.86. The van der Waals surface area contributed by atoms with Gasteiger partial charge in [-0.1, -0.05) is 46.4 Å². The maximum atomic E-state index is 11.6. The van der Waals surface area contributed by atoms with Crippen LogP contribution in [0.3, 0.4) is 0 Å². The molecule has 0 unspecified atom stereocenters. The molecule has 0 spiro atoms. The van der Waals surface area contributed by atoms with E-state index in [0.717, 1.165) is 6.07 Å². The molecule has 3 N–H and O–H groups in total. The van der Waals surface area contributed by atoms with Crippen LogP contribution < -0.4 is 0 Å². The highest BCUT2D eigenvalue weighted by Gasteiger charge is 2.33. The van der Waals surface area contributed by atoms with Gasteiger partial charge in [-0.2, -0.15) is 8.42 Å². The van der Waals surface area contributed by atoms with Crippen molar-refractivity contribution in [2.75, 3.05) is 0 Å².